The van der Waals surface area contributed by atoms with Gasteiger partial charge in [-0.2, -0.15) is 0 Å². The Morgan fingerprint density at radius 2 is 2.11 bits per heavy atom. The molecule has 19 heavy (non-hydrogen) atoms. The van der Waals surface area contributed by atoms with Gasteiger partial charge in [0.15, 0.2) is 0 Å². The molecule has 3 N–H and O–H groups in total. The van der Waals surface area contributed by atoms with Crippen LogP contribution in [-0.2, 0) is 6.42 Å². The second kappa shape index (κ2) is 7.20. The van der Waals surface area contributed by atoms with E-state index in [4.69, 9.17) is 5.11 Å². The van der Waals surface area contributed by atoms with Gasteiger partial charge in [0.2, 0.25) is 0 Å². The molecule has 0 bridgehead atoms. The number of hydrogen-bond donors (Lipinski definition) is 3. The number of rotatable bonds is 6. The van der Waals surface area contributed by atoms with Crippen molar-refractivity contribution in [2.75, 3.05) is 6.54 Å². The highest BCUT2D eigenvalue weighted by atomic mass is 16.4. The van der Waals surface area contributed by atoms with Crippen LogP contribution >= 0.6 is 0 Å². The second-order valence-electron chi connectivity index (χ2n) is 4.14. The Labute approximate surface area is 112 Å². The molecular weight excluding hydrogens is 244 g/mol. The quantitative estimate of drug-likeness (QED) is 0.684. The topological polar surface area (TPSA) is 78.4 Å². The van der Waals surface area contributed by atoms with Gasteiger partial charge in [-0.15, -0.1) is 6.58 Å². The van der Waals surface area contributed by atoms with Crippen LogP contribution in [0.25, 0.3) is 0 Å². The smallest absolute Gasteiger partial charge is 0.335 e. The molecule has 0 aromatic heterocycles. The van der Waals surface area contributed by atoms with Crippen LogP contribution in [-0.4, -0.2) is 29.7 Å². The Morgan fingerprint density at radius 3 is 2.74 bits per heavy atom. The Kier molecular flexibility index (Phi) is 5.60. The van der Waals surface area contributed by atoms with Crippen LogP contribution in [0.15, 0.2) is 36.9 Å². The number of carboxylic acid groups (broad SMARTS) is 1. The van der Waals surface area contributed by atoms with E-state index < -0.39 is 5.97 Å². The van der Waals surface area contributed by atoms with E-state index in [1.165, 1.54) is 0 Å². The van der Waals surface area contributed by atoms with Gasteiger partial charge in [-0.05, 0) is 25.0 Å². The van der Waals surface area contributed by atoms with E-state index in [0.29, 0.717) is 18.5 Å². The van der Waals surface area contributed by atoms with Gasteiger partial charge in [-0.1, -0.05) is 24.3 Å². The molecule has 0 aliphatic carbocycles. The van der Waals surface area contributed by atoms with Gasteiger partial charge in [0.25, 0.3) is 0 Å². The van der Waals surface area contributed by atoms with E-state index in [1.807, 2.05) is 6.92 Å². The highest BCUT2D eigenvalue weighted by Crippen LogP contribution is 2.08. The molecule has 0 aliphatic rings. The van der Waals surface area contributed by atoms with E-state index in [-0.39, 0.29) is 17.6 Å². The van der Waals surface area contributed by atoms with E-state index >= 15 is 0 Å². The maximum absolute atomic E-state index is 11.4. The number of carbonyl (C=O) groups is 2. The van der Waals surface area contributed by atoms with Gasteiger partial charge in [0.1, 0.15) is 0 Å². The third kappa shape index (κ3) is 4.83. The van der Waals surface area contributed by atoms with Crippen LogP contribution in [0, 0.1) is 0 Å². The molecule has 5 nitrogen and oxygen atoms in total. The molecule has 1 rings (SSSR count). The van der Waals surface area contributed by atoms with Crippen molar-refractivity contribution < 1.29 is 14.7 Å². The van der Waals surface area contributed by atoms with E-state index in [2.05, 4.69) is 17.2 Å². The van der Waals surface area contributed by atoms with Crippen molar-refractivity contribution in [3.8, 4) is 0 Å². The summed E-state index contributed by atoms with van der Waals surface area (Å²) in [5.74, 6) is -0.958. The summed E-state index contributed by atoms with van der Waals surface area (Å²) < 4.78 is 0. The van der Waals surface area contributed by atoms with Crippen LogP contribution in [0.2, 0.25) is 0 Å². The normalized spacial score (nSPS) is 11.4. The minimum absolute atomic E-state index is 0.105. The molecule has 1 aromatic rings. The fraction of sp³-hybridized carbons (Fsp3) is 0.286. The summed E-state index contributed by atoms with van der Waals surface area (Å²) >= 11 is 0. The van der Waals surface area contributed by atoms with Crippen LogP contribution in [0.1, 0.15) is 22.8 Å². The lowest BCUT2D eigenvalue weighted by Crippen LogP contribution is -2.40. The zero-order valence-corrected chi connectivity index (χ0v) is 10.8. The molecule has 102 valence electrons. The summed E-state index contributed by atoms with van der Waals surface area (Å²) in [7, 11) is 0. The molecule has 5 heteroatoms. The fourth-order valence-electron chi connectivity index (χ4n) is 1.57. The van der Waals surface area contributed by atoms with Crippen LogP contribution < -0.4 is 10.6 Å². The molecule has 0 aliphatic heterocycles. The lowest BCUT2D eigenvalue weighted by molar-refractivity contribution is 0.0695. The molecule has 1 aromatic carbocycles. The summed E-state index contributed by atoms with van der Waals surface area (Å²) in [6.45, 7) is 5.75. The zero-order valence-electron chi connectivity index (χ0n) is 10.8. The Bertz CT molecular complexity index is 472. The first-order valence-electron chi connectivity index (χ1n) is 6.02. The Morgan fingerprint density at radius 1 is 1.42 bits per heavy atom. The van der Waals surface area contributed by atoms with Crippen LogP contribution in [0.4, 0.5) is 4.79 Å². The molecule has 1 atom stereocenters. The van der Waals surface area contributed by atoms with E-state index in [9.17, 15) is 9.59 Å². The summed E-state index contributed by atoms with van der Waals surface area (Å²) in [5.41, 5.74) is 0.969. The van der Waals surface area contributed by atoms with Gasteiger partial charge < -0.3 is 15.7 Å². The van der Waals surface area contributed by atoms with Gasteiger partial charge >= 0.3 is 12.0 Å². The predicted octanol–water partition coefficient (Wildman–Crippen LogP) is 1.80. The summed E-state index contributed by atoms with van der Waals surface area (Å²) in [6.07, 6.45) is 2.09. The summed E-state index contributed by atoms with van der Waals surface area (Å²) in [4.78, 5) is 22.4. The monoisotopic (exact) mass is 262 g/mol. The van der Waals surface area contributed by atoms with E-state index in [1.54, 1.807) is 30.3 Å². The first-order valence-corrected chi connectivity index (χ1v) is 6.02. The summed E-state index contributed by atoms with van der Waals surface area (Å²) in [5, 5.41) is 14.4. The predicted molar refractivity (Wildman–Crippen MR) is 73.3 cm³/mol. The SMILES string of the molecule is C=CC(C)NC(=O)NCCc1ccccc1C(=O)O. The van der Waals surface area contributed by atoms with Crippen molar-refractivity contribution >= 4 is 12.0 Å². The highest BCUT2D eigenvalue weighted by molar-refractivity contribution is 5.89. The molecule has 0 heterocycles. The molecule has 0 saturated heterocycles. The third-order valence-corrected chi connectivity index (χ3v) is 2.64. The molecule has 1 unspecified atom stereocenters. The Hall–Kier alpha value is -2.30. The molecule has 0 saturated carbocycles. The number of carbonyl (C=O) groups excluding carboxylic acids is 1. The van der Waals surface area contributed by atoms with Gasteiger partial charge in [0.05, 0.1) is 5.56 Å². The van der Waals surface area contributed by atoms with Gasteiger partial charge in [0, 0.05) is 12.6 Å². The number of benzene rings is 1. The van der Waals surface area contributed by atoms with Crippen molar-refractivity contribution in [1.29, 1.82) is 0 Å². The molecule has 0 spiro atoms. The Balaban J connectivity index is 2.47. The van der Waals surface area contributed by atoms with Gasteiger partial charge in [-0.25, -0.2) is 9.59 Å². The van der Waals surface area contributed by atoms with Gasteiger partial charge in [-0.3, -0.25) is 0 Å². The van der Waals surface area contributed by atoms with Crippen molar-refractivity contribution in [3.63, 3.8) is 0 Å². The average Bonchev–Trinajstić information content (AvgIpc) is 2.38. The molecular formula is C14H18N2O3. The molecule has 2 amide bonds. The molecule has 0 radical (unpaired) electrons. The zero-order chi connectivity index (χ0) is 14.3. The maximum Gasteiger partial charge on any atom is 0.335 e. The third-order valence-electron chi connectivity index (χ3n) is 2.64. The number of nitrogens with one attached hydrogen (secondary N) is 2. The first kappa shape index (κ1) is 14.8. The number of urea groups is 1. The lowest BCUT2D eigenvalue weighted by atomic mass is 10.0. The van der Waals surface area contributed by atoms with Crippen LogP contribution in [0.3, 0.4) is 0 Å². The standard InChI is InChI=1S/C14H18N2O3/c1-3-10(2)16-14(19)15-9-8-11-6-4-5-7-12(11)13(17)18/h3-7,10H,1,8-9H2,2H3,(H,17,18)(H2,15,16,19). The minimum Gasteiger partial charge on any atom is -0.478 e. The highest BCUT2D eigenvalue weighted by Gasteiger charge is 2.09. The largest absolute Gasteiger partial charge is 0.478 e. The average molecular weight is 262 g/mol. The number of aromatic carboxylic acids is 1. The number of hydrogen-bond acceptors (Lipinski definition) is 2. The maximum atomic E-state index is 11.4. The number of carboxylic acids is 1. The molecule has 0 fully saturated rings. The second-order valence-corrected chi connectivity index (χ2v) is 4.14. The van der Waals surface area contributed by atoms with Crippen molar-refractivity contribution in [2.45, 2.75) is 19.4 Å². The van der Waals surface area contributed by atoms with Crippen molar-refractivity contribution in [3.05, 3.63) is 48.0 Å². The fourth-order valence-corrected chi connectivity index (χ4v) is 1.57. The minimum atomic E-state index is -0.958. The summed E-state index contributed by atoms with van der Waals surface area (Å²) in [6, 6.07) is 6.36. The lowest BCUT2D eigenvalue weighted by Gasteiger charge is -2.11. The number of amides is 2. The first-order chi connectivity index (χ1) is 9.04. The van der Waals surface area contributed by atoms with Crippen molar-refractivity contribution in [2.24, 2.45) is 0 Å². The van der Waals surface area contributed by atoms with Crippen LogP contribution in [0.5, 0.6) is 0 Å². The van der Waals surface area contributed by atoms with Crippen molar-refractivity contribution in [1.82, 2.24) is 10.6 Å². The van der Waals surface area contributed by atoms with E-state index in [0.717, 1.165) is 0 Å².